The Bertz CT molecular complexity index is 644. The Labute approximate surface area is 134 Å². The van der Waals surface area contributed by atoms with E-state index in [0.29, 0.717) is 12.4 Å². The number of aromatic nitrogens is 3. The van der Waals surface area contributed by atoms with E-state index >= 15 is 0 Å². The van der Waals surface area contributed by atoms with Gasteiger partial charge in [-0.25, -0.2) is 0 Å². The topological polar surface area (TPSA) is 78.3 Å². The Morgan fingerprint density at radius 3 is 3.17 bits per heavy atom. The molecule has 2 aromatic rings. The summed E-state index contributed by atoms with van der Waals surface area (Å²) >= 11 is 0. The first-order valence-corrected chi connectivity index (χ1v) is 7.65. The van der Waals surface area contributed by atoms with E-state index in [1.165, 1.54) is 0 Å². The second-order valence-electron chi connectivity index (χ2n) is 5.53. The van der Waals surface area contributed by atoms with Crippen molar-refractivity contribution in [2.75, 3.05) is 13.2 Å². The van der Waals surface area contributed by atoms with Crippen LogP contribution in [-0.4, -0.2) is 39.9 Å². The molecule has 0 unspecified atom stereocenters. The third-order valence-corrected chi connectivity index (χ3v) is 3.73. The highest BCUT2D eigenvalue weighted by Crippen LogP contribution is 2.28. The molecule has 0 radical (unpaired) electrons. The molecule has 122 valence electrons. The lowest BCUT2D eigenvalue weighted by atomic mass is 9.98. The lowest BCUT2D eigenvalue weighted by Crippen LogP contribution is -2.44. The van der Waals surface area contributed by atoms with E-state index in [1.807, 2.05) is 13.2 Å². The van der Waals surface area contributed by atoms with E-state index in [0.717, 1.165) is 18.4 Å². The van der Waals surface area contributed by atoms with Crippen molar-refractivity contribution in [3.05, 3.63) is 42.5 Å². The van der Waals surface area contributed by atoms with Crippen molar-refractivity contribution in [1.29, 1.82) is 0 Å². The second kappa shape index (κ2) is 7.23. The summed E-state index contributed by atoms with van der Waals surface area (Å²) in [6.07, 6.45) is 8.56. The van der Waals surface area contributed by atoms with E-state index < -0.39 is 0 Å². The van der Waals surface area contributed by atoms with Gasteiger partial charge in [-0.3, -0.25) is 14.5 Å². The van der Waals surface area contributed by atoms with E-state index in [-0.39, 0.29) is 24.7 Å². The fraction of sp³-hybridized carbons (Fsp3) is 0.438. The second-order valence-corrected chi connectivity index (χ2v) is 5.53. The average molecular weight is 316 g/mol. The van der Waals surface area contributed by atoms with Crippen LogP contribution in [0.4, 0.5) is 0 Å². The van der Waals surface area contributed by atoms with Gasteiger partial charge in [0.05, 0.1) is 18.4 Å². The molecule has 3 heterocycles. The quantitative estimate of drug-likeness (QED) is 0.897. The molecule has 0 aromatic carbocycles. The van der Waals surface area contributed by atoms with Crippen molar-refractivity contribution < 1.29 is 14.3 Å². The molecule has 1 aliphatic heterocycles. The number of hydrogen-bond acceptors (Lipinski definition) is 5. The highest BCUT2D eigenvalue weighted by Gasteiger charge is 2.29. The molecule has 1 saturated heterocycles. The molecule has 7 heteroatoms. The first-order chi connectivity index (χ1) is 11.2. The number of carbonyl (C=O) groups excluding carboxylic acids is 1. The summed E-state index contributed by atoms with van der Waals surface area (Å²) in [6.45, 7) is 0.653. The summed E-state index contributed by atoms with van der Waals surface area (Å²) in [5.74, 6) is 0.407. The van der Waals surface area contributed by atoms with E-state index in [9.17, 15) is 4.79 Å². The van der Waals surface area contributed by atoms with Crippen LogP contribution in [0.5, 0.6) is 5.75 Å². The van der Waals surface area contributed by atoms with Gasteiger partial charge in [0.25, 0.3) is 5.91 Å². The predicted octanol–water partition coefficient (Wildman–Crippen LogP) is 1.23. The van der Waals surface area contributed by atoms with Crippen molar-refractivity contribution in [1.82, 2.24) is 20.1 Å². The van der Waals surface area contributed by atoms with Crippen molar-refractivity contribution in [2.24, 2.45) is 7.05 Å². The molecular formula is C16H20N4O3. The largest absolute Gasteiger partial charge is 0.482 e. The van der Waals surface area contributed by atoms with Crippen molar-refractivity contribution >= 4 is 5.91 Å². The number of amides is 1. The van der Waals surface area contributed by atoms with Crippen LogP contribution in [-0.2, 0) is 16.6 Å². The van der Waals surface area contributed by atoms with Gasteiger partial charge in [-0.05, 0) is 25.0 Å². The minimum atomic E-state index is -0.168. The first-order valence-electron chi connectivity index (χ1n) is 7.65. The van der Waals surface area contributed by atoms with Gasteiger partial charge < -0.3 is 14.8 Å². The highest BCUT2D eigenvalue weighted by atomic mass is 16.5. The van der Waals surface area contributed by atoms with Gasteiger partial charge in [0, 0.05) is 31.6 Å². The molecule has 2 aromatic heterocycles. The minimum absolute atomic E-state index is 0.0397. The molecule has 0 bridgehead atoms. The van der Waals surface area contributed by atoms with Crippen LogP contribution in [0.15, 0.2) is 36.9 Å². The van der Waals surface area contributed by atoms with Gasteiger partial charge in [-0.1, -0.05) is 0 Å². The molecule has 2 atom stereocenters. The Hall–Kier alpha value is -2.41. The number of rotatable bonds is 5. The van der Waals surface area contributed by atoms with Crippen molar-refractivity contribution in [3.8, 4) is 5.75 Å². The number of hydrogen-bond donors (Lipinski definition) is 1. The highest BCUT2D eigenvalue weighted by molar-refractivity contribution is 5.77. The van der Waals surface area contributed by atoms with Crippen LogP contribution >= 0.6 is 0 Å². The van der Waals surface area contributed by atoms with Gasteiger partial charge >= 0.3 is 0 Å². The zero-order chi connectivity index (χ0) is 16.1. The van der Waals surface area contributed by atoms with Crippen LogP contribution in [0.1, 0.15) is 24.5 Å². The molecular weight excluding hydrogens is 296 g/mol. The minimum Gasteiger partial charge on any atom is -0.482 e. The summed E-state index contributed by atoms with van der Waals surface area (Å²) in [6, 6.07) is 3.46. The Morgan fingerprint density at radius 2 is 2.43 bits per heavy atom. The normalized spacial score (nSPS) is 20.9. The summed E-state index contributed by atoms with van der Waals surface area (Å²) in [7, 11) is 1.86. The third kappa shape index (κ3) is 4.07. The monoisotopic (exact) mass is 316 g/mol. The number of aryl methyl sites for hydroxylation is 1. The van der Waals surface area contributed by atoms with Crippen molar-refractivity contribution in [3.63, 3.8) is 0 Å². The van der Waals surface area contributed by atoms with Gasteiger partial charge in [-0.15, -0.1) is 0 Å². The lowest BCUT2D eigenvalue weighted by Gasteiger charge is -2.31. The molecule has 0 spiro atoms. The van der Waals surface area contributed by atoms with E-state index in [2.05, 4.69) is 15.4 Å². The maximum absolute atomic E-state index is 12.1. The molecule has 3 rings (SSSR count). The van der Waals surface area contributed by atoms with Crippen LogP contribution in [0.3, 0.4) is 0 Å². The van der Waals surface area contributed by atoms with E-state index in [4.69, 9.17) is 9.47 Å². The maximum Gasteiger partial charge on any atom is 0.258 e. The summed E-state index contributed by atoms with van der Waals surface area (Å²) in [5, 5.41) is 7.17. The number of nitrogens with one attached hydrogen (secondary N) is 1. The number of ether oxygens (including phenoxy) is 2. The zero-order valence-electron chi connectivity index (χ0n) is 13.0. The average Bonchev–Trinajstić information content (AvgIpc) is 3.01. The maximum atomic E-state index is 12.1. The molecule has 1 fully saturated rings. The summed E-state index contributed by atoms with van der Waals surface area (Å²) < 4.78 is 13.0. The van der Waals surface area contributed by atoms with Crippen LogP contribution in [0, 0.1) is 0 Å². The van der Waals surface area contributed by atoms with Crippen LogP contribution in [0.2, 0.25) is 0 Å². The van der Waals surface area contributed by atoms with Gasteiger partial charge in [0.15, 0.2) is 6.61 Å². The predicted molar refractivity (Wildman–Crippen MR) is 82.8 cm³/mol. The number of nitrogens with zero attached hydrogens (tertiary/aromatic N) is 3. The molecule has 1 N–H and O–H groups in total. The van der Waals surface area contributed by atoms with E-state index in [1.54, 1.807) is 35.4 Å². The molecule has 7 nitrogen and oxygen atoms in total. The summed E-state index contributed by atoms with van der Waals surface area (Å²) in [5.41, 5.74) is 0.977. The van der Waals surface area contributed by atoms with Gasteiger partial charge in [0.1, 0.15) is 11.9 Å². The van der Waals surface area contributed by atoms with Gasteiger partial charge in [0.2, 0.25) is 0 Å². The standard InChI is InChI=1S/C16H20N4O3/c1-20-10-12(8-18-20)16-14(5-3-7-22-16)19-15(21)11-23-13-4-2-6-17-9-13/h2,4,6,8-10,14,16H,3,5,7,11H2,1H3,(H,19,21)/t14-,16+/m0/s1. The van der Waals surface area contributed by atoms with Crippen LogP contribution in [0.25, 0.3) is 0 Å². The number of carbonyl (C=O) groups is 1. The Morgan fingerprint density at radius 1 is 1.52 bits per heavy atom. The molecule has 1 aliphatic rings. The fourth-order valence-electron chi connectivity index (χ4n) is 2.67. The Kier molecular flexibility index (Phi) is 4.87. The first kappa shape index (κ1) is 15.5. The third-order valence-electron chi connectivity index (χ3n) is 3.73. The molecule has 1 amide bonds. The lowest BCUT2D eigenvalue weighted by molar-refractivity contribution is -0.126. The summed E-state index contributed by atoms with van der Waals surface area (Å²) in [4.78, 5) is 16.1. The SMILES string of the molecule is Cn1cc([C@H]2OCCC[C@@H]2NC(=O)COc2cccnc2)cn1. The fourth-order valence-corrected chi connectivity index (χ4v) is 2.67. The molecule has 23 heavy (non-hydrogen) atoms. The number of pyridine rings is 1. The van der Waals surface area contributed by atoms with Gasteiger partial charge in [-0.2, -0.15) is 5.10 Å². The van der Waals surface area contributed by atoms with Crippen LogP contribution < -0.4 is 10.1 Å². The van der Waals surface area contributed by atoms with Crippen molar-refractivity contribution in [2.45, 2.75) is 25.0 Å². The molecule has 0 aliphatic carbocycles. The Balaban J connectivity index is 1.57. The zero-order valence-corrected chi connectivity index (χ0v) is 13.0. The smallest absolute Gasteiger partial charge is 0.258 e. The molecule has 0 saturated carbocycles.